The Labute approximate surface area is 188 Å². The number of carboxylic acids is 1. The third kappa shape index (κ3) is 3.28. The summed E-state index contributed by atoms with van der Waals surface area (Å²) in [4.78, 5) is 11.7. The second kappa shape index (κ2) is 7.61. The summed E-state index contributed by atoms with van der Waals surface area (Å²) in [6.45, 7) is 2.33. The lowest BCUT2D eigenvalue weighted by Gasteiger charge is -2.31. The maximum atomic E-state index is 11.7. The third-order valence-electron chi connectivity index (χ3n) is 7.81. The van der Waals surface area contributed by atoms with Crippen molar-refractivity contribution in [2.24, 2.45) is 0 Å². The zero-order valence-electron chi connectivity index (χ0n) is 18.6. The SMILES string of the molecule is CC1CCc2cnn(C3CCC[C@H](c4cccc(-n5ncc(C(=O)O)c5C5CC5)c4)C3)c21. The van der Waals surface area contributed by atoms with E-state index in [4.69, 9.17) is 5.10 Å². The average Bonchev–Trinajstić information content (AvgIpc) is 3.24. The lowest BCUT2D eigenvalue weighted by atomic mass is 9.81. The normalized spacial score (nSPS) is 25.1. The van der Waals surface area contributed by atoms with Crippen molar-refractivity contribution in [3.8, 4) is 5.69 Å². The van der Waals surface area contributed by atoms with Crippen LogP contribution in [0.25, 0.3) is 5.69 Å². The van der Waals surface area contributed by atoms with E-state index in [0.717, 1.165) is 30.6 Å². The van der Waals surface area contributed by atoms with Crippen LogP contribution in [-0.4, -0.2) is 30.6 Å². The van der Waals surface area contributed by atoms with Crippen molar-refractivity contribution in [1.29, 1.82) is 0 Å². The van der Waals surface area contributed by atoms with Crippen LogP contribution in [0.1, 0.15) is 109 Å². The van der Waals surface area contributed by atoms with E-state index in [0.29, 0.717) is 29.4 Å². The number of hydrogen-bond acceptors (Lipinski definition) is 3. The molecule has 1 aromatic carbocycles. The van der Waals surface area contributed by atoms with E-state index in [1.54, 1.807) is 0 Å². The van der Waals surface area contributed by atoms with E-state index in [1.807, 2.05) is 4.68 Å². The third-order valence-corrected chi connectivity index (χ3v) is 7.81. The van der Waals surface area contributed by atoms with Crippen LogP contribution in [0.4, 0.5) is 0 Å². The average molecular weight is 431 g/mol. The standard InChI is InChI=1S/C26H30N4O2/c1-16-8-9-20-14-27-29(24(16)20)21-6-2-4-18(12-21)19-5-3-7-22(13-19)30-25(17-10-11-17)23(15-28-30)26(31)32/h3,5,7,13-18,21H,2,4,6,8-12H2,1H3,(H,31,32)/t16?,18-,21?/m0/s1. The van der Waals surface area contributed by atoms with Crippen molar-refractivity contribution in [2.45, 2.75) is 82.1 Å². The fourth-order valence-corrected chi connectivity index (χ4v) is 6.02. The molecule has 6 heteroatoms. The van der Waals surface area contributed by atoms with Crippen LogP contribution in [0.5, 0.6) is 0 Å². The van der Waals surface area contributed by atoms with Gasteiger partial charge < -0.3 is 5.11 Å². The highest BCUT2D eigenvalue weighted by Gasteiger charge is 2.34. The highest BCUT2D eigenvalue weighted by atomic mass is 16.4. The highest BCUT2D eigenvalue weighted by Crippen LogP contribution is 2.44. The Morgan fingerprint density at radius 2 is 1.91 bits per heavy atom. The van der Waals surface area contributed by atoms with Gasteiger partial charge in [-0.3, -0.25) is 4.68 Å². The maximum Gasteiger partial charge on any atom is 0.339 e. The van der Waals surface area contributed by atoms with E-state index >= 15 is 0 Å². The first kappa shape index (κ1) is 19.8. The minimum atomic E-state index is -0.884. The monoisotopic (exact) mass is 430 g/mol. The fraction of sp³-hybridized carbons (Fsp3) is 0.500. The Morgan fingerprint density at radius 1 is 1.03 bits per heavy atom. The van der Waals surface area contributed by atoms with Gasteiger partial charge in [-0.05, 0) is 80.0 Å². The maximum absolute atomic E-state index is 11.7. The molecule has 3 atom stereocenters. The van der Waals surface area contributed by atoms with Gasteiger partial charge in [-0.2, -0.15) is 10.2 Å². The lowest BCUT2D eigenvalue weighted by Crippen LogP contribution is -2.21. The van der Waals surface area contributed by atoms with Crippen LogP contribution in [0.3, 0.4) is 0 Å². The molecule has 0 radical (unpaired) electrons. The molecule has 2 saturated carbocycles. The molecule has 0 saturated heterocycles. The first-order chi connectivity index (χ1) is 15.6. The fourth-order valence-electron chi connectivity index (χ4n) is 6.02. The Morgan fingerprint density at radius 3 is 2.72 bits per heavy atom. The number of aromatic nitrogens is 4. The van der Waals surface area contributed by atoms with Gasteiger partial charge in [-0.15, -0.1) is 0 Å². The summed E-state index contributed by atoms with van der Waals surface area (Å²) >= 11 is 0. The summed E-state index contributed by atoms with van der Waals surface area (Å²) < 4.78 is 4.22. The molecule has 32 heavy (non-hydrogen) atoms. The van der Waals surface area contributed by atoms with Crippen LogP contribution in [0, 0.1) is 0 Å². The Balaban J connectivity index is 1.29. The molecule has 0 amide bonds. The van der Waals surface area contributed by atoms with Crippen molar-refractivity contribution in [1.82, 2.24) is 19.6 Å². The van der Waals surface area contributed by atoms with Crippen molar-refractivity contribution in [3.05, 3.63) is 64.7 Å². The van der Waals surface area contributed by atoms with Gasteiger partial charge in [0.15, 0.2) is 0 Å². The molecule has 0 bridgehead atoms. The number of fused-ring (bicyclic) bond motifs is 1. The van der Waals surface area contributed by atoms with Gasteiger partial charge in [-0.1, -0.05) is 25.5 Å². The molecule has 2 heterocycles. The second-order valence-electron chi connectivity index (χ2n) is 9.99. The smallest absolute Gasteiger partial charge is 0.339 e. The van der Waals surface area contributed by atoms with Crippen LogP contribution in [-0.2, 0) is 6.42 Å². The van der Waals surface area contributed by atoms with Crippen molar-refractivity contribution in [3.63, 3.8) is 0 Å². The summed E-state index contributed by atoms with van der Waals surface area (Å²) in [5.41, 5.74) is 6.43. The molecular weight excluding hydrogens is 400 g/mol. The molecule has 2 fully saturated rings. The number of carboxylic acid groups (broad SMARTS) is 1. The number of aryl methyl sites for hydroxylation is 1. The van der Waals surface area contributed by atoms with Gasteiger partial charge in [0.05, 0.1) is 29.8 Å². The van der Waals surface area contributed by atoms with Crippen LogP contribution >= 0.6 is 0 Å². The summed E-state index contributed by atoms with van der Waals surface area (Å²) in [7, 11) is 0. The number of benzene rings is 1. The van der Waals surface area contributed by atoms with E-state index in [-0.39, 0.29) is 0 Å². The largest absolute Gasteiger partial charge is 0.478 e. The number of hydrogen-bond donors (Lipinski definition) is 1. The van der Waals surface area contributed by atoms with Crippen molar-refractivity contribution < 1.29 is 9.90 Å². The Hall–Kier alpha value is -2.89. The highest BCUT2D eigenvalue weighted by molar-refractivity contribution is 5.89. The summed E-state index contributed by atoms with van der Waals surface area (Å²) in [6, 6.07) is 9.07. The molecule has 2 unspecified atom stereocenters. The van der Waals surface area contributed by atoms with Crippen LogP contribution in [0.15, 0.2) is 36.7 Å². The van der Waals surface area contributed by atoms with Gasteiger partial charge in [0.2, 0.25) is 0 Å². The first-order valence-electron chi connectivity index (χ1n) is 12.1. The minimum Gasteiger partial charge on any atom is -0.478 e. The zero-order chi connectivity index (χ0) is 21.8. The van der Waals surface area contributed by atoms with Gasteiger partial charge in [0, 0.05) is 11.6 Å². The van der Waals surface area contributed by atoms with Crippen molar-refractivity contribution in [2.75, 3.05) is 0 Å². The predicted molar refractivity (Wildman–Crippen MR) is 122 cm³/mol. The van der Waals surface area contributed by atoms with E-state index in [1.165, 1.54) is 55.1 Å². The zero-order valence-corrected chi connectivity index (χ0v) is 18.6. The van der Waals surface area contributed by atoms with E-state index < -0.39 is 5.97 Å². The number of aromatic carboxylic acids is 1. The number of rotatable bonds is 5. The van der Waals surface area contributed by atoms with E-state index in [9.17, 15) is 9.90 Å². The quantitative estimate of drug-likeness (QED) is 0.572. The second-order valence-corrected chi connectivity index (χ2v) is 9.99. The summed E-state index contributed by atoms with van der Waals surface area (Å²) in [5, 5.41) is 18.9. The summed E-state index contributed by atoms with van der Waals surface area (Å²) in [6.07, 6.45) is 12.8. The van der Waals surface area contributed by atoms with Gasteiger partial charge >= 0.3 is 5.97 Å². The molecule has 2 aromatic heterocycles. The minimum absolute atomic E-state index is 0.315. The molecule has 0 aliphatic heterocycles. The molecule has 6 rings (SSSR count). The molecule has 3 aliphatic rings. The molecule has 3 aliphatic carbocycles. The van der Waals surface area contributed by atoms with Crippen LogP contribution in [0.2, 0.25) is 0 Å². The molecule has 6 nitrogen and oxygen atoms in total. The topological polar surface area (TPSA) is 72.9 Å². The van der Waals surface area contributed by atoms with Crippen LogP contribution < -0.4 is 0 Å². The van der Waals surface area contributed by atoms with E-state index in [2.05, 4.69) is 47.2 Å². The molecule has 0 spiro atoms. The molecular formula is C26H30N4O2. The van der Waals surface area contributed by atoms with Gasteiger partial charge in [-0.25, -0.2) is 9.48 Å². The number of nitrogens with zero attached hydrogens (tertiary/aromatic N) is 4. The summed E-state index contributed by atoms with van der Waals surface area (Å²) in [5.74, 6) is 0.532. The Bertz CT molecular complexity index is 1170. The molecule has 166 valence electrons. The van der Waals surface area contributed by atoms with Gasteiger partial charge in [0.1, 0.15) is 5.56 Å². The first-order valence-corrected chi connectivity index (χ1v) is 12.1. The molecule has 3 aromatic rings. The van der Waals surface area contributed by atoms with Gasteiger partial charge in [0.25, 0.3) is 0 Å². The Kier molecular flexibility index (Phi) is 4.70. The lowest BCUT2D eigenvalue weighted by molar-refractivity contribution is 0.0695. The number of carbonyl (C=O) groups is 1. The van der Waals surface area contributed by atoms with Crippen molar-refractivity contribution >= 4 is 5.97 Å². The predicted octanol–water partition coefficient (Wildman–Crippen LogP) is 5.59. The molecule has 1 N–H and O–H groups in total.